The summed E-state index contributed by atoms with van der Waals surface area (Å²) in [5.74, 6) is 0.510. The van der Waals surface area contributed by atoms with Crippen LogP contribution in [0.5, 0.6) is 0 Å². The Morgan fingerprint density at radius 2 is 2.06 bits per heavy atom. The number of aliphatic hydroxyl groups is 1. The number of likely N-dealkylation sites (tertiary alicyclic amines) is 1. The maximum atomic E-state index is 9.07. The number of aliphatic hydroxyl groups excluding tert-OH is 1. The average Bonchev–Trinajstić information content (AvgIpc) is 2.30. The molecule has 2 rings (SSSR count). The molecule has 1 aliphatic rings. The van der Waals surface area contributed by atoms with Crippen LogP contribution in [0, 0.1) is 5.92 Å². The molecule has 1 aromatic rings. The molecule has 1 N–H and O–H groups in total. The lowest BCUT2D eigenvalue weighted by molar-refractivity contribution is 0.127. The Hall–Kier alpha value is -0.570. The summed E-state index contributed by atoms with van der Waals surface area (Å²) in [5.41, 5.74) is 1.27. The van der Waals surface area contributed by atoms with Crippen LogP contribution < -0.4 is 0 Å². The molecule has 16 heavy (non-hydrogen) atoms. The third-order valence-electron chi connectivity index (χ3n) is 3.26. The molecule has 0 amide bonds. The zero-order valence-electron chi connectivity index (χ0n) is 9.40. The molecule has 0 radical (unpaired) electrons. The highest BCUT2D eigenvalue weighted by Gasteiger charge is 2.18. The first-order valence-corrected chi connectivity index (χ1v) is 6.23. The Labute approximate surface area is 102 Å². The van der Waals surface area contributed by atoms with Crippen LogP contribution in [0.15, 0.2) is 24.3 Å². The molecule has 0 bridgehead atoms. The molecule has 1 aliphatic heterocycles. The van der Waals surface area contributed by atoms with E-state index in [1.54, 1.807) is 0 Å². The Balaban J connectivity index is 1.87. The number of halogens is 1. The van der Waals surface area contributed by atoms with Gasteiger partial charge in [-0.3, -0.25) is 4.90 Å². The van der Waals surface area contributed by atoms with Crippen molar-refractivity contribution in [3.63, 3.8) is 0 Å². The van der Waals surface area contributed by atoms with Gasteiger partial charge in [0.15, 0.2) is 0 Å². The predicted molar refractivity (Wildman–Crippen MR) is 66.5 cm³/mol. The van der Waals surface area contributed by atoms with Crippen molar-refractivity contribution in [2.75, 3.05) is 19.7 Å². The van der Waals surface area contributed by atoms with Gasteiger partial charge < -0.3 is 5.11 Å². The number of hydrogen-bond acceptors (Lipinski definition) is 2. The molecule has 0 unspecified atom stereocenters. The Morgan fingerprint density at radius 1 is 1.31 bits per heavy atom. The monoisotopic (exact) mass is 239 g/mol. The lowest BCUT2D eigenvalue weighted by Crippen LogP contribution is -2.34. The average molecular weight is 240 g/mol. The molecule has 2 nitrogen and oxygen atoms in total. The highest BCUT2D eigenvalue weighted by molar-refractivity contribution is 6.30. The maximum absolute atomic E-state index is 9.07. The molecule has 88 valence electrons. The number of hydrogen-bond donors (Lipinski definition) is 1. The minimum absolute atomic E-state index is 0.338. The van der Waals surface area contributed by atoms with Gasteiger partial charge in [-0.25, -0.2) is 0 Å². The van der Waals surface area contributed by atoms with E-state index >= 15 is 0 Å². The fourth-order valence-electron chi connectivity index (χ4n) is 2.22. The van der Waals surface area contributed by atoms with Crippen LogP contribution >= 0.6 is 11.6 Å². The van der Waals surface area contributed by atoms with Gasteiger partial charge in [-0.1, -0.05) is 23.7 Å². The van der Waals surface area contributed by atoms with E-state index in [2.05, 4.69) is 11.0 Å². The summed E-state index contributed by atoms with van der Waals surface area (Å²) in [6.07, 6.45) is 2.22. The van der Waals surface area contributed by atoms with E-state index in [1.807, 2.05) is 18.2 Å². The third-order valence-corrected chi connectivity index (χ3v) is 3.50. The van der Waals surface area contributed by atoms with E-state index in [0.29, 0.717) is 12.5 Å². The van der Waals surface area contributed by atoms with Gasteiger partial charge in [0.2, 0.25) is 0 Å². The quantitative estimate of drug-likeness (QED) is 0.877. The molecule has 0 atom stereocenters. The smallest absolute Gasteiger partial charge is 0.0460 e. The van der Waals surface area contributed by atoms with Gasteiger partial charge in [-0.05, 0) is 49.5 Å². The molecular weight excluding hydrogens is 222 g/mol. The standard InChI is InChI=1S/C13H18ClNO/c14-13-3-1-2-12(8-13)9-15-6-4-11(10-16)5-7-15/h1-3,8,11,16H,4-7,9-10H2. The summed E-state index contributed by atoms with van der Waals surface area (Å²) in [5, 5.41) is 9.88. The number of piperidine rings is 1. The van der Waals surface area contributed by atoms with Crippen molar-refractivity contribution in [2.24, 2.45) is 5.92 Å². The van der Waals surface area contributed by atoms with E-state index in [4.69, 9.17) is 16.7 Å². The van der Waals surface area contributed by atoms with Crippen molar-refractivity contribution >= 4 is 11.6 Å². The first-order chi connectivity index (χ1) is 7.78. The SMILES string of the molecule is OCC1CCN(Cc2cccc(Cl)c2)CC1. The summed E-state index contributed by atoms with van der Waals surface area (Å²) in [6.45, 7) is 3.47. The Kier molecular flexibility index (Phi) is 4.22. The highest BCUT2D eigenvalue weighted by atomic mass is 35.5. The molecule has 0 spiro atoms. The van der Waals surface area contributed by atoms with Gasteiger partial charge in [0.1, 0.15) is 0 Å². The molecule has 3 heteroatoms. The maximum Gasteiger partial charge on any atom is 0.0460 e. The van der Waals surface area contributed by atoms with Gasteiger partial charge >= 0.3 is 0 Å². The van der Waals surface area contributed by atoms with E-state index in [-0.39, 0.29) is 0 Å². The van der Waals surface area contributed by atoms with Gasteiger partial charge in [-0.2, -0.15) is 0 Å². The summed E-state index contributed by atoms with van der Waals surface area (Å²) < 4.78 is 0. The number of rotatable bonds is 3. The van der Waals surface area contributed by atoms with Crippen LogP contribution in [0.2, 0.25) is 5.02 Å². The van der Waals surface area contributed by atoms with E-state index in [9.17, 15) is 0 Å². The predicted octanol–water partition coefficient (Wildman–Crippen LogP) is 2.54. The molecule has 1 heterocycles. The minimum atomic E-state index is 0.338. The zero-order valence-corrected chi connectivity index (χ0v) is 10.2. The lowest BCUT2D eigenvalue weighted by atomic mass is 9.97. The zero-order chi connectivity index (χ0) is 11.4. The van der Waals surface area contributed by atoms with Gasteiger partial charge in [0.25, 0.3) is 0 Å². The number of benzene rings is 1. The summed E-state index contributed by atoms with van der Waals surface area (Å²) in [6, 6.07) is 8.05. The third kappa shape index (κ3) is 3.21. The van der Waals surface area contributed by atoms with Crippen molar-refractivity contribution in [2.45, 2.75) is 19.4 Å². The van der Waals surface area contributed by atoms with Gasteiger partial charge in [0.05, 0.1) is 0 Å². The minimum Gasteiger partial charge on any atom is -0.396 e. The molecule has 0 aliphatic carbocycles. The van der Waals surface area contributed by atoms with Crippen LogP contribution in [0.4, 0.5) is 0 Å². The molecule has 1 fully saturated rings. The second-order valence-corrected chi connectivity index (χ2v) is 4.97. The second kappa shape index (κ2) is 5.67. The van der Waals surface area contributed by atoms with Crippen LogP contribution in [-0.4, -0.2) is 29.7 Å². The Bertz CT molecular complexity index is 334. The van der Waals surface area contributed by atoms with Crippen molar-refractivity contribution in [1.29, 1.82) is 0 Å². The van der Waals surface area contributed by atoms with Gasteiger partial charge in [-0.15, -0.1) is 0 Å². The topological polar surface area (TPSA) is 23.5 Å². The van der Waals surface area contributed by atoms with Crippen molar-refractivity contribution in [1.82, 2.24) is 4.90 Å². The summed E-state index contributed by atoms with van der Waals surface area (Å²) in [7, 11) is 0. The molecular formula is C13H18ClNO. The summed E-state index contributed by atoms with van der Waals surface area (Å²) in [4.78, 5) is 2.43. The fraction of sp³-hybridized carbons (Fsp3) is 0.538. The van der Waals surface area contributed by atoms with E-state index < -0.39 is 0 Å². The second-order valence-electron chi connectivity index (χ2n) is 4.53. The highest BCUT2D eigenvalue weighted by Crippen LogP contribution is 2.19. The Morgan fingerprint density at radius 3 is 2.69 bits per heavy atom. The molecule has 0 aromatic heterocycles. The van der Waals surface area contributed by atoms with E-state index in [1.165, 1.54) is 5.56 Å². The molecule has 0 saturated carbocycles. The lowest BCUT2D eigenvalue weighted by Gasteiger charge is -2.31. The van der Waals surface area contributed by atoms with Crippen molar-refractivity contribution in [3.05, 3.63) is 34.9 Å². The molecule has 1 aromatic carbocycles. The fourth-order valence-corrected chi connectivity index (χ4v) is 2.43. The largest absolute Gasteiger partial charge is 0.396 e. The first-order valence-electron chi connectivity index (χ1n) is 5.85. The normalized spacial score (nSPS) is 18.9. The van der Waals surface area contributed by atoms with Gasteiger partial charge in [0, 0.05) is 18.2 Å². The van der Waals surface area contributed by atoms with Crippen molar-refractivity contribution < 1.29 is 5.11 Å². The van der Waals surface area contributed by atoms with Crippen LogP contribution in [-0.2, 0) is 6.54 Å². The van der Waals surface area contributed by atoms with Crippen LogP contribution in [0.25, 0.3) is 0 Å². The van der Waals surface area contributed by atoms with Crippen LogP contribution in [0.3, 0.4) is 0 Å². The first kappa shape index (κ1) is 11.9. The summed E-state index contributed by atoms with van der Waals surface area (Å²) >= 11 is 5.96. The van der Waals surface area contributed by atoms with Crippen molar-refractivity contribution in [3.8, 4) is 0 Å². The number of nitrogens with zero attached hydrogens (tertiary/aromatic N) is 1. The van der Waals surface area contributed by atoms with E-state index in [0.717, 1.165) is 37.5 Å². The van der Waals surface area contributed by atoms with Crippen LogP contribution in [0.1, 0.15) is 18.4 Å². The molecule has 1 saturated heterocycles.